The average Bonchev–Trinajstić information content (AvgIpc) is 2.45. The van der Waals surface area contributed by atoms with Gasteiger partial charge in [0.15, 0.2) is 0 Å². The normalized spacial score (nSPS) is 13.4. The Bertz CT molecular complexity index is 486. The summed E-state index contributed by atoms with van der Waals surface area (Å²) in [5.74, 6) is -0.330. The van der Waals surface area contributed by atoms with Gasteiger partial charge in [-0.3, -0.25) is 9.59 Å². The average molecular weight is 277 g/mol. The van der Waals surface area contributed by atoms with Gasteiger partial charge in [-0.2, -0.15) is 0 Å². The lowest BCUT2D eigenvalue weighted by molar-refractivity contribution is -0.118. The van der Waals surface area contributed by atoms with Crippen LogP contribution in [0.4, 0.5) is 5.69 Å². The van der Waals surface area contributed by atoms with Crippen molar-refractivity contribution in [1.82, 2.24) is 4.90 Å². The number of anilines is 1. The van der Waals surface area contributed by atoms with Crippen LogP contribution < -0.4 is 11.1 Å². The van der Waals surface area contributed by atoms with E-state index < -0.39 is 6.04 Å². The maximum absolute atomic E-state index is 12.1. The predicted octanol–water partition coefficient (Wildman–Crippen LogP) is 1.70. The Morgan fingerprint density at radius 3 is 2.45 bits per heavy atom. The molecular formula is C15H23N3O2. The van der Waals surface area contributed by atoms with Gasteiger partial charge in [-0.25, -0.2) is 0 Å². The van der Waals surface area contributed by atoms with Gasteiger partial charge in [-0.05, 0) is 18.1 Å². The van der Waals surface area contributed by atoms with Crippen LogP contribution in [0, 0.1) is 5.92 Å². The fourth-order valence-corrected chi connectivity index (χ4v) is 1.75. The third-order valence-corrected chi connectivity index (χ3v) is 3.38. The SMILES string of the molecule is CC[C@H](C)[C@H](N)C(=O)Nc1ccccc1C(=O)N(C)C. The molecular weight excluding hydrogens is 254 g/mol. The highest BCUT2D eigenvalue weighted by Crippen LogP contribution is 2.17. The standard InChI is InChI=1S/C15H23N3O2/c1-5-10(2)13(16)14(19)17-12-9-7-6-8-11(12)15(20)18(3)4/h6-10,13H,5,16H2,1-4H3,(H,17,19)/t10-,13-/m0/s1. The van der Waals surface area contributed by atoms with Gasteiger partial charge in [0.2, 0.25) is 5.91 Å². The van der Waals surface area contributed by atoms with E-state index in [0.29, 0.717) is 11.3 Å². The quantitative estimate of drug-likeness (QED) is 0.860. The first-order valence-corrected chi connectivity index (χ1v) is 6.75. The molecule has 5 nitrogen and oxygen atoms in total. The number of amides is 2. The summed E-state index contributed by atoms with van der Waals surface area (Å²) in [6.07, 6.45) is 0.826. The maximum atomic E-state index is 12.1. The van der Waals surface area contributed by atoms with E-state index in [9.17, 15) is 9.59 Å². The van der Waals surface area contributed by atoms with Crippen LogP contribution >= 0.6 is 0 Å². The van der Waals surface area contributed by atoms with Gasteiger partial charge in [0.25, 0.3) is 5.91 Å². The van der Waals surface area contributed by atoms with Crippen molar-refractivity contribution < 1.29 is 9.59 Å². The number of para-hydroxylation sites is 1. The second-order valence-electron chi connectivity index (χ2n) is 5.15. The molecule has 110 valence electrons. The van der Waals surface area contributed by atoms with E-state index in [0.717, 1.165) is 6.42 Å². The van der Waals surface area contributed by atoms with E-state index in [1.165, 1.54) is 4.90 Å². The smallest absolute Gasteiger partial charge is 0.255 e. The summed E-state index contributed by atoms with van der Waals surface area (Å²) in [4.78, 5) is 25.6. The zero-order valence-electron chi connectivity index (χ0n) is 12.5. The van der Waals surface area contributed by atoms with E-state index in [1.54, 1.807) is 38.4 Å². The zero-order valence-corrected chi connectivity index (χ0v) is 12.5. The van der Waals surface area contributed by atoms with Gasteiger partial charge < -0.3 is 16.0 Å². The number of carbonyl (C=O) groups excluding carboxylic acids is 2. The van der Waals surface area contributed by atoms with Crippen molar-refractivity contribution in [2.75, 3.05) is 19.4 Å². The number of nitrogens with two attached hydrogens (primary N) is 1. The summed E-state index contributed by atoms with van der Waals surface area (Å²) < 4.78 is 0. The monoisotopic (exact) mass is 277 g/mol. The lowest BCUT2D eigenvalue weighted by Crippen LogP contribution is -2.41. The Labute approximate surface area is 120 Å². The number of nitrogens with one attached hydrogen (secondary N) is 1. The fourth-order valence-electron chi connectivity index (χ4n) is 1.75. The van der Waals surface area contributed by atoms with Crippen molar-refractivity contribution in [2.24, 2.45) is 11.7 Å². The van der Waals surface area contributed by atoms with Crippen molar-refractivity contribution in [3.8, 4) is 0 Å². The van der Waals surface area contributed by atoms with Gasteiger partial charge >= 0.3 is 0 Å². The lowest BCUT2D eigenvalue weighted by Gasteiger charge is -2.19. The highest BCUT2D eigenvalue weighted by Gasteiger charge is 2.21. The zero-order chi connectivity index (χ0) is 15.3. The molecule has 3 N–H and O–H groups in total. The van der Waals surface area contributed by atoms with Gasteiger partial charge in [-0.15, -0.1) is 0 Å². The molecule has 5 heteroatoms. The van der Waals surface area contributed by atoms with Crippen LogP contribution in [0.15, 0.2) is 24.3 Å². The summed E-state index contributed by atoms with van der Waals surface area (Å²) in [6, 6.07) is 6.35. The number of rotatable bonds is 5. The van der Waals surface area contributed by atoms with Crippen molar-refractivity contribution >= 4 is 17.5 Å². The Kier molecular flexibility index (Phi) is 5.70. The number of hydrogen-bond acceptors (Lipinski definition) is 3. The first-order chi connectivity index (χ1) is 9.38. The second-order valence-corrected chi connectivity index (χ2v) is 5.15. The minimum Gasteiger partial charge on any atom is -0.345 e. The second kappa shape index (κ2) is 7.05. The van der Waals surface area contributed by atoms with Crippen molar-refractivity contribution in [2.45, 2.75) is 26.3 Å². The van der Waals surface area contributed by atoms with Crippen molar-refractivity contribution in [1.29, 1.82) is 0 Å². The van der Waals surface area contributed by atoms with E-state index in [1.807, 2.05) is 13.8 Å². The fraction of sp³-hybridized carbons (Fsp3) is 0.467. The number of nitrogens with zero attached hydrogens (tertiary/aromatic N) is 1. The first kappa shape index (κ1) is 16.2. The molecule has 1 aromatic rings. The minimum absolute atomic E-state index is 0.0895. The Morgan fingerprint density at radius 2 is 1.90 bits per heavy atom. The van der Waals surface area contributed by atoms with E-state index in [2.05, 4.69) is 5.32 Å². The molecule has 0 aliphatic heterocycles. The van der Waals surface area contributed by atoms with Gasteiger partial charge in [-0.1, -0.05) is 32.4 Å². The van der Waals surface area contributed by atoms with Crippen molar-refractivity contribution in [3.05, 3.63) is 29.8 Å². The van der Waals surface area contributed by atoms with E-state index in [-0.39, 0.29) is 17.7 Å². The van der Waals surface area contributed by atoms with E-state index in [4.69, 9.17) is 5.73 Å². The highest BCUT2D eigenvalue weighted by atomic mass is 16.2. The van der Waals surface area contributed by atoms with Crippen LogP contribution in [0.3, 0.4) is 0 Å². The van der Waals surface area contributed by atoms with E-state index >= 15 is 0 Å². The Balaban J connectivity index is 2.93. The van der Waals surface area contributed by atoms with Crippen molar-refractivity contribution in [3.63, 3.8) is 0 Å². The van der Waals surface area contributed by atoms with Gasteiger partial charge in [0.1, 0.15) is 0 Å². The number of carbonyl (C=O) groups is 2. The molecule has 0 saturated carbocycles. The topological polar surface area (TPSA) is 75.4 Å². The first-order valence-electron chi connectivity index (χ1n) is 6.75. The number of hydrogen-bond donors (Lipinski definition) is 2. The molecule has 0 heterocycles. The molecule has 2 amide bonds. The Morgan fingerprint density at radius 1 is 1.30 bits per heavy atom. The molecule has 0 spiro atoms. The molecule has 0 unspecified atom stereocenters. The maximum Gasteiger partial charge on any atom is 0.255 e. The minimum atomic E-state index is -0.581. The molecule has 0 aliphatic carbocycles. The largest absolute Gasteiger partial charge is 0.345 e. The summed E-state index contributed by atoms with van der Waals surface area (Å²) in [6.45, 7) is 3.92. The van der Waals surface area contributed by atoms with Crippen LogP contribution in [0.25, 0.3) is 0 Å². The van der Waals surface area contributed by atoms with Gasteiger partial charge in [0, 0.05) is 14.1 Å². The molecule has 0 aromatic heterocycles. The molecule has 0 radical (unpaired) electrons. The molecule has 0 aliphatic rings. The molecule has 0 fully saturated rings. The summed E-state index contributed by atoms with van der Waals surface area (Å²) in [7, 11) is 3.34. The van der Waals surface area contributed by atoms with Crippen LogP contribution in [0.5, 0.6) is 0 Å². The Hall–Kier alpha value is -1.88. The molecule has 0 saturated heterocycles. The third kappa shape index (κ3) is 3.81. The van der Waals surface area contributed by atoms with Crippen LogP contribution in [0.2, 0.25) is 0 Å². The molecule has 1 aromatic carbocycles. The molecule has 0 bridgehead atoms. The lowest BCUT2D eigenvalue weighted by atomic mass is 9.99. The molecule has 1 rings (SSSR count). The van der Waals surface area contributed by atoms with Gasteiger partial charge in [0.05, 0.1) is 17.3 Å². The highest BCUT2D eigenvalue weighted by molar-refractivity contribution is 6.04. The third-order valence-electron chi connectivity index (χ3n) is 3.38. The van der Waals surface area contributed by atoms with Crippen LogP contribution in [-0.4, -0.2) is 36.9 Å². The predicted molar refractivity (Wildman–Crippen MR) is 80.5 cm³/mol. The van der Waals surface area contributed by atoms with Crippen LogP contribution in [-0.2, 0) is 4.79 Å². The number of benzene rings is 1. The summed E-state index contributed by atoms with van der Waals surface area (Å²) in [5.41, 5.74) is 6.85. The molecule has 2 atom stereocenters. The summed E-state index contributed by atoms with van der Waals surface area (Å²) >= 11 is 0. The van der Waals surface area contributed by atoms with Crippen LogP contribution in [0.1, 0.15) is 30.6 Å². The summed E-state index contributed by atoms with van der Waals surface area (Å²) in [5, 5.41) is 2.75. The molecule has 20 heavy (non-hydrogen) atoms.